The molecule has 0 unspecified atom stereocenters. The minimum absolute atomic E-state index is 0.0117. The van der Waals surface area contributed by atoms with Gasteiger partial charge in [0.2, 0.25) is 0 Å². The Labute approximate surface area is 186 Å². The normalized spacial score (nSPS) is 10.7. The second-order valence-corrected chi connectivity index (χ2v) is 7.36. The van der Waals surface area contributed by atoms with E-state index < -0.39 is 0 Å². The van der Waals surface area contributed by atoms with E-state index in [4.69, 9.17) is 15.9 Å². The number of aromatic amines is 1. The van der Waals surface area contributed by atoms with Crippen LogP contribution in [0.25, 0.3) is 22.4 Å². The maximum absolute atomic E-state index is 12.9. The number of hydrogen-bond donors (Lipinski definition) is 3. The molecule has 6 heteroatoms. The highest BCUT2D eigenvalue weighted by Gasteiger charge is 2.21. The van der Waals surface area contributed by atoms with Gasteiger partial charge in [0, 0.05) is 41.2 Å². The maximum Gasteiger partial charge on any atom is 0.340 e. The van der Waals surface area contributed by atoms with Gasteiger partial charge in [-0.3, -0.25) is 10.4 Å². The summed E-state index contributed by atoms with van der Waals surface area (Å²) in [7, 11) is 0. The Hall–Kier alpha value is -4.19. The van der Waals surface area contributed by atoms with Crippen molar-refractivity contribution in [3.63, 3.8) is 0 Å². The maximum atomic E-state index is 12.9. The van der Waals surface area contributed by atoms with Crippen molar-refractivity contribution >= 4 is 11.8 Å². The molecule has 4 rings (SSSR count). The molecule has 0 atom stereocenters. The zero-order valence-electron chi connectivity index (χ0n) is 17.8. The molecule has 0 radical (unpaired) electrons. The molecule has 0 saturated heterocycles. The lowest BCUT2D eigenvalue weighted by atomic mass is 9.98. The lowest BCUT2D eigenvalue weighted by Gasteiger charge is -2.09. The first-order valence-electron chi connectivity index (χ1n) is 10.4. The number of esters is 1. The molecular weight excluding hydrogens is 400 g/mol. The van der Waals surface area contributed by atoms with Gasteiger partial charge in [0.1, 0.15) is 5.84 Å². The number of nitrogens with one attached hydrogen (secondary N) is 2. The molecule has 0 amide bonds. The molecule has 4 N–H and O–H groups in total. The first kappa shape index (κ1) is 21.1. The molecule has 0 bridgehead atoms. The van der Waals surface area contributed by atoms with E-state index in [1.54, 1.807) is 19.2 Å². The van der Waals surface area contributed by atoms with Crippen LogP contribution in [0.2, 0.25) is 0 Å². The second kappa shape index (κ2) is 9.31. The van der Waals surface area contributed by atoms with Crippen molar-refractivity contribution in [2.24, 2.45) is 5.73 Å². The van der Waals surface area contributed by atoms with Gasteiger partial charge in [-0.05, 0) is 36.2 Å². The molecule has 0 aliphatic carbocycles. The van der Waals surface area contributed by atoms with Crippen LogP contribution in [0, 0.1) is 5.41 Å². The summed E-state index contributed by atoms with van der Waals surface area (Å²) in [6, 6.07) is 21.2. The predicted octanol–water partition coefficient (Wildman–Crippen LogP) is 4.80. The lowest BCUT2D eigenvalue weighted by molar-refractivity contribution is 0.0526. The fraction of sp³-hybridized carbons (Fsp3) is 0.115. The van der Waals surface area contributed by atoms with Gasteiger partial charge in [-0.25, -0.2) is 4.79 Å². The number of nitrogens with two attached hydrogens (primary N) is 1. The molecule has 0 aliphatic rings. The molecule has 4 aromatic rings. The monoisotopic (exact) mass is 424 g/mol. The molecular formula is C26H24N4O2. The number of nitrogens with zero attached hydrogens (tertiary/aromatic N) is 1. The lowest BCUT2D eigenvalue weighted by Crippen LogP contribution is -2.11. The minimum Gasteiger partial charge on any atom is -0.462 e. The van der Waals surface area contributed by atoms with Crippen LogP contribution >= 0.6 is 0 Å². The highest BCUT2D eigenvalue weighted by atomic mass is 16.5. The fourth-order valence-electron chi connectivity index (χ4n) is 3.68. The van der Waals surface area contributed by atoms with Crippen LogP contribution in [0.4, 0.5) is 0 Å². The number of amidine groups is 1. The molecule has 2 heterocycles. The van der Waals surface area contributed by atoms with Gasteiger partial charge in [0.25, 0.3) is 0 Å². The van der Waals surface area contributed by atoms with Crippen molar-refractivity contribution in [1.29, 1.82) is 5.41 Å². The number of aromatic nitrogens is 2. The number of nitrogen functional groups attached to an aromatic ring is 1. The van der Waals surface area contributed by atoms with E-state index in [9.17, 15) is 4.79 Å². The number of H-pyrrole nitrogens is 1. The van der Waals surface area contributed by atoms with Gasteiger partial charge in [0.05, 0.1) is 17.9 Å². The Morgan fingerprint density at radius 1 is 1.06 bits per heavy atom. The first-order chi connectivity index (χ1) is 15.6. The van der Waals surface area contributed by atoms with E-state index in [-0.39, 0.29) is 11.8 Å². The molecule has 0 saturated carbocycles. The van der Waals surface area contributed by atoms with Crippen molar-refractivity contribution in [2.75, 3.05) is 6.61 Å². The SMILES string of the molecule is CCOC(=O)c1c(-c2ccc(-c3ccccn3)cc2)c[nH]c1Cc1cccc(C(=N)N)c1. The number of carbonyl (C=O) groups is 1. The summed E-state index contributed by atoms with van der Waals surface area (Å²) in [6.07, 6.45) is 4.09. The molecule has 160 valence electrons. The summed E-state index contributed by atoms with van der Waals surface area (Å²) in [5.41, 5.74) is 12.1. The minimum atomic E-state index is -0.365. The van der Waals surface area contributed by atoms with Crippen LogP contribution in [0.5, 0.6) is 0 Å². The van der Waals surface area contributed by atoms with Crippen molar-refractivity contribution < 1.29 is 9.53 Å². The van der Waals surface area contributed by atoms with Crippen molar-refractivity contribution in [1.82, 2.24) is 9.97 Å². The Kier molecular flexibility index (Phi) is 6.12. The third-order valence-electron chi connectivity index (χ3n) is 5.22. The van der Waals surface area contributed by atoms with Gasteiger partial charge in [-0.1, -0.05) is 48.5 Å². The molecule has 6 nitrogen and oxygen atoms in total. The number of carbonyl (C=O) groups excluding carboxylic acids is 1. The van der Waals surface area contributed by atoms with Crippen LogP contribution in [0.3, 0.4) is 0 Å². The van der Waals surface area contributed by atoms with E-state index in [2.05, 4.69) is 9.97 Å². The quantitative estimate of drug-likeness (QED) is 0.225. The van der Waals surface area contributed by atoms with Crippen LogP contribution < -0.4 is 5.73 Å². The summed E-state index contributed by atoms with van der Waals surface area (Å²) in [4.78, 5) is 20.5. The molecule has 0 aliphatic heterocycles. The van der Waals surface area contributed by atoms with Gasteiger partial charge >= 0.3 is 5.97 Å². The Morgan fingerprint density at radius 3 is 2.53 bits per heavy atom. The summed E-state index contributed by atoms with van der Waals surface area (Å²) in [6.45, 7) is 2.09. The van der Waals surface area contributed by atoms with Gasteiger partial charge in [-0.15, -0.1) is 0 Å². The van der Waals surface area contributed by atoms with E-state index in [1.807, 2.05) is 66.9 Å². The highest BCUT2D eigenvalue weighted by Crippen LogP contribution is 2.30. The number of hydrogen-bond acceptors (Lipinski definition) is 4. The Morgan fingerprint density at radius 2 is 1.84 bits per heavy atom. The van der Waals surface area contributed by atoms with Gasteiger partial charge in [-0.2, -0.15) is 0 Å². The Bertz CT molecular complexity index is 1240. The summed E-state index contributed by atoms with van der Waals surface area (Å²) < 4.78 is 5.36. The fourth-order valence-corrected chi connectivity index (χ4v) is 3.68. The zero-order chi connectivity index (χ0) is 22.5. The van der Waals surface area contributed by atoms with Crippen LogP contribution in [0.15, 0.2) is 79.1 Å². The average Bonchev–Trinajstić information content (AvgIpc) is 3.23. The van der Waals surface area contributed by atoms with Gasteiger partial charge in [0.15, 0.2) is 0 Å². The standard InChI is InChI=1S/C26H24N4O2/c1-2-32-26(31)24-21(18-9-11-19(12-10-18)22-8-3-4-13-29-22)16-30-23(24)15-17-6-5-7-20(14-17)25(27)28/h3-14,16,30H,2,15H2,1H3,(H3,27,28). The van der Waals surface area contributed by atoms with E-state index >= 15 is 0 Å². The molecule has 2 aromatic carbocycles. The third-order valence-corrected chi connectivity index (χ3v) is 5.22. The number of ether oxygens (including phenoxy) is 1. The van der Waals surface area contributed by atoms with Crippen LogP contribution in [-0.2, 0) is 11.2 Å². The van der Waals surface area contributed by atoms with Crippen molar-refractivity contribution in [2.45, 2.75) is 13.3 Å². The topological polar surface area (TPSA) is 105 Å². The number of benzene rings is 2. The van der Waals surface area contributed by atoms with E-state index in [0.717, 1.165) is 33.6 Å². The number of rotatable bonds is 7. The number of pyridine rings is 1. The largest absolute Gasteiger partial charge is 0.462 e. The molecule has 0 fully saturated rings. The molecule has 0 spiro atoms. The average molecular weight is 425 g/mol. The molecule has 2 aromatic heterocycles. The summed E-state index contributed by atoms with van der Waals surface area (Å²) in [5.74, 6) is -0.354. The van der Waals surface area contributed by atoms with Crippen molar-refractivity contribution in [3.8, 4) is 22.4 Å². The van der Waals surface area contributed by atoms with E-state index in [1.165, 1.54) is 0 Å². The van der Waals surface area contributed by atoms with Crippen LogP contribution in [-0.4, -0.2) is 28.4 Å². The second-order valence-electron chi connectivity index (χ2n) is 7.36. The zero-order valence-corrected chi connectivity index (χ0v) is 17.8. The Balaban J connectivity index is 1.70. The van der Waals surface area contributed by atoms with Crippen LogP contribution in [0.1, 0.15) is 34.1 Å². The van der Waals surface area contributed by atoms with E-state index in [0.29, 0.717) is 24.2 Å². The third kappa shape index (κ3) is 4.44. The predicted molar refractivity (Wildman–Crippen MR) is 126 cm³/mol. The summed E-state index contributed by atoms with van der Waals surface area (Å²) >= 11 is 0. The smallest absolute Gasteiger partial charge is 0.340 e. The van der Waals surface area contributed by atoms with Gasteiger partial charge < -0.3 is 15.5 Å². The summed E-state index contributed by atoms with van der Waals surface area (Å²) in [5, 5.41) is 7.66. The highest BCUT2D eigenvalue weighted by molar-refractivity contribution is 5.99. The molecule has 32 heavy (non-hydrogen) atoms. The van der Waals surface area contributed by atoms with Crippen molar-refractivity contribution in [3.05, 3.63) is 102 Å². The first-order valence-corrected chi connectivity index (χ1v) is 10.4.